The van der Waals surface area contributed by atoms with Crippen LogP contribution in [0.1, 0.15) is 28.5 Å². The summed E-state index contributed by atoms with van der Waals surface area (Å²) in [5.41, 5.74) is 0.424. The maximum absolute atomic E-state index is 12.2. The van der Waals surface area contributed by atoms with Crippen LogP contribution >= 0.6 is 0 Å². The van der Waals surface area contributed by atoms with Crippen LogP contribution in [-0.2, 0) is 4.79 Å². The molecule has 2 heterocycles. The van der Waals surface area contributed by atoms with Gasteiger partial charge in [0, 0.05) is 18.0 Å². The van der Waals surface area contributed by atoms with E-state index in [1.807, 2.05) is 0 Å². The van der Waals surface area contributed by atoms with Crippen LogP contribution in [0.25, 0.3) is 0 Å². The van der Waals surface area contributed by atoms with Gasteiger partial charge in [-0.3, -0.25) is 14.6 Å². The molecule has 92 valence electrons. The van der Waals surface area contributed by atoms with Crippen LogP contribution in [0.3, 0.4) is 0 Å². The van der Waals surface area contributed by atoms with E-state index in [-0.39, 0.29) is 12.2 Å². The first kappa shape index (κ1) is 12.0. The second-order valence-corrected chi connectivity index (χ2v) is 3.77. The fraction of sp³-hybridized carbons (Fsp3) is 0.154. The third-order valence-electron chi connectivity index (χ3n) is 2.55. The van der Waals surface area contributed by atoms with Crippen LogP contribution in [-0.4, -0.2) is 21.8 Å². The number of furan rings is 1. The van der Waals surface area contributed by atoms with Crippen LogP contribution in [0, 0.1) is 0 Å². The van der Waals surface area contributed by atoms with Crippen molar-refractivity contribution in [1.82, 2.24) is 4.98 Å². The van der Waals surface area contributed by atoms with Crippen LogP contribution in [0.4, 0.5) is 0 Å². The molecule has 0 aliphatic heterocycles. The number of carboxylic acids is 1. The summed E-state index contributed by atoms with van der Waals surface area (Å²) in [5, 5.41) is 8.87. The average Bonchev–Trinajstić information content (AvgIpc) is 2.89. The third kappa shape index (κ3) is 2.63. The van der Waals surface area contributed by atoms with Gasteiger partial charge in [0.1, 0.15) is 5.76 Å². The first-order chi connectivity index (χ1) is 8.68. The highest BCUT2D eigenvalue weighted by Gasteiger charge is 2.26. The second kappa shape index (κ2) is 5.27. The Kier molecular flexibility index (Phi) is 3.52. The summed E-state index contributed by atoms with van der Waals surface area (Å²) in [7, 11) is 0. The number of ketones is 1. The highest BCUT2D eigenvalue weighted by molar-refractivity contribution is 6.02. The van der Waals surface area contributed by atoms with E-state index in [2.05, 4.69) is 4.98 Å². The molecule has 0 spiro atoms. The van der Waals surface area contributed by atoms with Crippen LogP contribution in [0.15, 0.2) is 47.3 Å². The second-order valence-electron chi connectivity index (χ2n) is 3.77. The van der Waals surface area contributed by atoms with E-state index in [4.69, 9.17) is 9.52 Å². The van der Waals surface area contributed by atoms with E-state index in [1.54, 1.807) is 24.3 Å². The standard InChI is InChI=1S/C13H11NO4/c15-12(16)8-10(11-2-1-7-18-11)13(17)9-3-5-14-6-4-9/h1-7,10H,8H2,(H,15,16). The van der Waals surface area contributed by atoms with Gasteiger partial charge in [-0.25, -0.2) is 0 Å². The SMILES string of the molecule is O=C(O)CC(C(=O)c1ccncc1)c1ccco1. The lowest BCUT2D eigenvalue weighted by Gasteiger charge is -2.10. The highest BCUT2D eigenvalue weighted by Crippen LogP contribution is 2.24. The summed E-state index contributed by atoms with van der Waals surface area (Å²) in [4.78, 5) is 26.9. The molecule has 5 heteroatoms. The number of aromatic nitrogens is 1. The first-order valence-electron chi connectivity index (χ1n) is 5.38. The van der Waals surface area contributed by atoms with Crippen molar-refractivity contribution in [2.45, 2.75) is 12.3 Å². The van der Waals surface area contributed by atoms with Gasteiger partial charge >= 0.3 is 5.97 Å². The minimum atomic E-state index is -1.04. The molecular weight excluding hydrogens is 234 g/mol. The quantitative estimate of drug-likeness (QED) is 0.816. The van der Waals surface area contributed by atoms with E-state index in [1.165, 1.54) is 18.7 Å². The number of rotatable bonds is 5. The van der Waals surface area contributed by atoms with Gasteiger partial charge in [-0.2, -0.15) is 0 Å². The Bertz CT molecular complexity index is 533. The van der Waals surface area contributed by atoms with Gasteiger partial charge in [-0.15, -0.1) is 0 Å². The van der Waals surface area contributed by atoms with Gasteiger partial charge in [0.2, 0.25) is 0 Å². The molecule has 2 aromatic heterocycles. The zero-order valence-electron chi connectivity index (χ0n) is 9.45. The van der Waals surface area contributed by atoms with Gasteiger partial charge in [0.05, 0.1) is 18.6 Å². The van der Waals surface area contributed by atoms with E-state index < -0.39 is 11.9 Å². The minimum absolute atomic E-state index is 0.283. The summed E-state index contributed by atoms with van der Waals surface area (Å²) in [6.45, 7) is 0. The van der Waals surface area contributed by atoms with Crippen molar-refractivity contribution in [3.05, 3.63) is 54.2 Å². The van der Waals surface area contributed by atoms with E-state index in [0.29, 0.717) is 11.3 Å². The van der Waals surface area contributed by atoms with Crippen molar-refractivity contribution in [1.29, 1.82) is 0 Å². The number of nitrogens with zero attached hydrogens (tertiary/aromatic N) is 1. The number of Topliss-reactive ketones (excluding diaryl/α,β-unsaturated/α-hetero) is 1. The Morgan fingerprint density at radius 2 is 2.00 bits per heavy atom. The Morgan fingerprint density at radius 3 is 2.56 bits per heavy atom. The lowest BCUT2D eigenvalue weighted by Crippen LogP contribution is -2.16. The number of carbonyl (C=O) groups is 2. The van der Waals surface area contributed by atoms with E-state index in [0.717, 1.165) is 0 Å². The molecule has 0 saturated heterocycles. The predicted octanol–water partition coefficient (Wildman–Crippen LogP) is 2.12. The number of carbonyl (C=O) groups excluding carboxylic acids is 1. The van der Waals surface area contributed by atoms with Crippen LogP contribution < -0.4 is 0 Å². The van der Waals surface area contributed by atoms with Gasteiger partial charge in [0.15, 0.2) is 5.78 Å². The molecule has 2 aromatic rings. The van der Waals surface area contributed by atoms with E-state index >= 15 is 0 Å². The maximum atomic E-state index is 12.2. The summed E-state index contributed by atoms with van der Waals surface area (Å²) in [5.74, 6) is -1.77. The highest BCUT2D eigenvalue weighted by atomic mass is 16.4. The molecule has 0 aliphatic carbocycles. The normalized spacial score (nSPS) is 12.0. The van der Waals surface area contributed by atoms with Gasteiger partial charge in [-0.05, 0) is 24.3 Å². The average molecular weight is 245 g/mol. The number of hydrogen-bond donors (Lipinski definition) is 1. The monoisotopic (exact) mass is 245 g/mol. The maximum Gasteiger partial charge on any atom is 0.304 e. The Hall–Kier alpha value is -2.43. The smallest absolute Gasteiger partial charge is 0.304 e. The molecule has 1 atom stereocenters. The molecular formula is C13H11NO4. The van der Waals surface area contributed by atoms with Crippen LogP contribution in [0.2, 0.25) is 0 Å². The first-order valence-corrected chi connectivity index (χ1v) is 5.38. The van der Waals surface area contributed by atoms with Crippen molar-refractivity contribution in [3.63, 3.8) is 0 Å². The van der Waals surface area contributed by atoms with Crippen molar-refractivity contribution >= 4 is 11.8 Å². The Morgan fingerprint density at radius 1 is 1.28 bits per heavy atom. The zero-order chi connectivity index (χ0) is 13.0. The van der Waals surface area contributed by atoms with E-state index in [9.17, 15) is 9.59 Å². The third-order valence-corrected chi connectivity index (χ3v) is 2.55. The minimum Gasteiger partial charge on any atom is -0.481 e. The molecule has 2 rings (SSSR count). The molecule has 0 saturated carbocycles. The van der Waals surface area contributed by atoms with Gasteiger partial charge in [-0.1, -0.05) is 0 Å². The summed E-state index contributed by atoms with van der Waals surface area (Å²) in [6.07, 6.45) is 4.11. The van der Waals surface area contributed by atoms with Crippen molar-refractivity contribution in [3.8, 4) is 0 Å². The molecule has 1 N–H and O–H groups in total. The van der Waals surface area contributed by atoms with Crippen molar-refractivity contribution in [2.75, 3.05) is 0 Å². The number of carboxylic acid groups (broad SMARTS) is 1. The van der Waals surface area contributed by atoms with Crippen molar-refractivity contribution in [2.24, 2.45) is 0 Å². The fourth-order valence-electron chi connectivity index (χ4n) is 1.70. The predicted molar refractivity (Wildman–Crippen MR) is 62.3 cm³/mol. The molecule has 18 heavy (non-hydrogen) atoms. The van der Waals surface area contributed by atoms with Gasteiger partial charge in [0.25, 0.3) is 0 Å². The molecule has 0 amide bonds. The molecule has 0 aromatic carbocycles. The summed E-state index contributed by atoms with van der Waals surface area (Å²) >= 11 is 0. The van der Waals surface area contributed by atoms with Crippen LogP contribution in [0.5, 0.6) is 0 Å². The molecule has 0 aliphatic rings. The summed E-state index contributed by atoms with van der Waals surface area (Å²) < 4.78 is 5.14. The number of aliphatic carboxylic acids is 1. The van der Waals surface area contributed by atoms with Crippen molar-refractivity contribution < 1.29 is 19.1 Å². The molecule has 0 bridgehead atoms. The largest absolute Gasteiger partial charge is 0.481 e. The molecule has 1 unspecified atom stereocenters. The van der Waals surface area contributed by atoms with Gasteiger partial charge < -0.3 is 9.52 Å². The molecule has 0 radical (unpaired) electrons. The fourth-order valence-corrected chi connectivity index (χ4v) is 1.70. The molecule has 5 nitrogen and oxygen atoms in total. The zero-order valence-corrected chi connectivity index (χ0v) is 9.45. The Balaban J connectivity index is 2.30. The number of pyridine rings is 1. The molecule has 0 fully saturated rings. The number of hydrogen-bond acceptors (Lipinski definition) is 4. The lowest BCUT2D eigenvalue weighted by atomic mass is 9.93. The summed E-state index contributed by atoms with van der Waals surface area (Å²) in [6, 6.07) is 6.34. The lowest BCUT2D eigenvalue weighted by molar-refractivity contribution is -0.137. The Labute approximate surface area is 103 Å². The topological polar surface area (TPSA) is 80.4 Å².